The van der Waals surface area contributed by atoms with Crippen LogP contribution in [0.1, 0.15) is 161 Å². The predicted molar refractivity (Wildman–Crippen MR) is 264 cm³/mol. The second kappa shape index (κ2) is 21.0. The van der Waals surface area contributed by atoms with Crippen LogP contribution in [0.15, 0.2) is 90.9 Å². The Kier molecular flexibility index (Phi) is 12.9. The predicted octanol–water partition coefficient (Wildman–Crippen LogP) is 11.5. The molecule has 0 saturated carbocycles. The molecule has 0 aliphatic carbocycles. The topological polar surface area (TPSA) is 146 Å². The van der Waals surface area contributed by atoms with E-state index in [-0.39, 0.29) is 35.5 Å². The minimum Gasteiger partial charge on any atom is -0.326 e. The highest BCUT2D eigenvalue weighted by Gasteiger charge is 2.25. The summed E-state index contributed by atoms with van der Waals surface area (Å²) in [5.41, 5.74) is 13.8. The summed E-state index contributed by atoms with van der Waals surface area (Å²) in [5, 5.41) is 11.9. The first kappa shape index (κ1) is 40.0. The van der Waals surface area contributed by atoms with Crippen molar-refractivity contribution < 1.29 is 32.2 Å². The minimum atomic E-state index is -0.835. The Hall–Kier alpha value is -6.55. The summed E-state index contributed by atoms with van der Waals surface area (Å²) in [6, 6.07) is 23.5. The van der Waals surface area contributed by atoms with Crippen LogP contribution in [0.5, 0.6) is 0 Å². The summed E-state index contributed by atoms with van der Waals surface area (Å²) in [4.78, 5) is 56.5. The van der Waals surface area contributed by atoms with Gasteiger partial charge in [0.05, 0.1) is 36.2 Å². The third-order valence-corrected chi connectivity index (χ3v) is 11.6. The van der Waals surface area contributed by atoms with E-state index in [0.717, 1.165) is 66.9 Å². The Balaban J connectivity index is 0.000000145. The number of amides is 5. The van der Waals surface area contributed by atoms with Gasteiger partial charge in [0, 0.05) is 31.2 Å². The summed E-state index contributed by atoms with van der Waals surface area (Å²) in [5.74, 6) is 1.08. The number of carbonyl (C=O) groups excluding carboxylic acids is 5. The lowest BCUT2D eigenvalue weighted by molar-refractivity contribution is -0.115. The van der Waals surface area contributed by atoms with Crippen LogP contribution in [-0.4, -0.2) is 29.5 Å². The molecule has 0 spiro atoms. The number of nitrogens with one attached hydrogen (secondary N) is 5. The van der Waals surface area contributed by atoms with Crippen molar-refractivity contribution in [1.82, 2.24) is 0 Å². The molecule has 10 heteroatoms. The molecule has 2 unspecified atom stereocenters. The van der Waals surface area contributed by atoms with E-state index >= 15 is 0 Å². The quantitative estimate of drug-likeness (QED) is 0.119. The monoisotopic (exact) mass is 888 g/mol. The Morgan fingerprint density at radius 3 is 1.32 bits per heavy atom. The summed E-state index contributed by atoms with van der Waals surface area (Å²) < 4.78 is 46.1. The molecule has 5 aliphatic heterocycles. The third-order valence-electron chi connectivity index (χ3n) is 11.6. The Morgan fingerprint density at radius 1 is 0.400 bits per heavy atom. The fourth-order valence-corrected chi connectivity index (χ4v) is 8.44. The maximum absolute atomic E-state index is 11.4. The molecule has 10 nitrogen and oxygen atoms in total. The Bertz CT molecular complexity index is 2900. The van der Waals surface area contributed by atoms with Crippen molar-refractivity contribution in [2.75, 3.05) is 26.6 Å². The van der Waals surface area contributed by atoms with Gasteiger partial charge in [-0.1, -0.05) is 130 Å². The van der Waals surface area contributed by atoms with Crippen LogP contribution < -0.4 is 26.6 Å². The maximum atomic E-state index is 11.4. The van der Waals surface area contributed by atoms with Crippen LogP contribution in [0.25, 0.3) is 0 Å². The van der Waals surface area contributed by atoms with Crippen LogP contribution in [0.2, 0.25) is 1.41 Å². The van der Waals surface area contributed by atoms with Gasteiger partial charge >= 0.3 is 0 Å². The molecule has 340 valence electrons. The van der Waals surface area contributed by atoms with E-state index in [1.165, 1.54) is 11.1 Å². The van der Waals surface area contributed by atoms with Gasteiger partial charge < -0.3 is 26.6 Å². The van der Waals surface area contributed by atoms with Crippen molar-refractivity contribution in [2.45, 2.75) is 131 Å². The van der Waals surface area contributed by atoms with Crippen molar-refractivity contribution in [2.24, 2.45) is 0 Å². The van der Waals surface area contributed by atoms with Gasteiger partial charge in [-0.2, -0.15) is 0 Å². The molecule has 0 bridgehead atoms. The standard InChI is InChI=1S/5C11H13NO/c5*1-7(2)8-4-3-5-10-9(8)6-11(13)12-10/h5*3-5,7H,6H2,1-2H3,(H,12,13)/i3T,6T;6T;5T;4T;/hT. The lowest BCUT2D eigenvalue weighted by Crippen LogP contribution is -2.03. The van der Waals surface area contributed by atoms with E-state index in [0.29, 0.717) is 72.4 Å². The van der Waals surface area contributed by atoms with Crippen molar-refractivity contribution in [3.63, 3.8) is 0 Å². The highest BCUT2D eigenvalue weighted by Crippen LogP contribution is 2.34. The highest BCUT2D eigenvalue weighted by molar-refractivity contribution is 6.02. The molecular weight excluding hydrogens is 811 g/mol. The average Bonchev–Trinajstić information content (AvgIpc) is 4.10. The van der Waals surface area contributed by atoms with Gasteiger partial charge in [-0.25, -0.2) is 0 Å². The number of anilines is 5. The molecular formula is C55H65N5O5. The molecule has 65 heavy (non-hydrogen) atoms. The van der Waals surface area contributed by atoms with Crippen LogP contribution in [-0.2, 0) is 56.0 Å². The van der Waals surface area contributed by atoms with Crippen molar-refractivity contribution in [3.8, 4) is 0 Å². The summed E-state index contributed by atoms with van der Waals surface area (Å²) in [6.07, 6.45) is -0.347. The third kappa shape index (κ3) is 11.6. The zero-order valence-corrected chi connectivity index (χ0v) is 39.1. The maximum Gasteiger partial charge on any atom is 0.228 e. The zero-order valence-electron chi connectivity index (χ0n) is 45.1. The van der Waals surface area contributed by atoms with Crippen LogP contribution in [0.4, 0.5) is 28.4 Å². The molecule has 0 fully saturated rings. The smallest absolute Gasteiger partial charge is 0.228 e. The molecule has 5 aliphatic rings. The number of hydrogen-bond acceptors (Lipinski definition) is 5. The molecule has 5 aromatic rings. The molecule has 0 saturated heterocycles. The number of fused-ring (bicyclic) bond motifs is 5. The minimum absolute atomic E-state index is 0.00148. The van der Waals surface area contributed by atoms with Gasteiger partial charge in [-0.05, 0) is 116 Å². The Labute approximate surface area is 393 Å². The van der Waals surface area contributed by atoms with Gasteiger partial charge in [-0.15, -0.1) is 0 Å². The number of carbonyl (C=O) groups is 5. The number of hydrogen-bond donors (Lipinski definition) is 5. The van der Waals surface area contributed by atoms with Crippen molar-refractivity contribution in [3.05, 3.63) is 147 Å². The van der Waals surface area contributed by atoms with Crippen molar-refractivity contribution >= 4 is 58.0 Å². The van der Waals surface area contributed by atoms with E-state index in [2.05, 4.69) is 76.7 Å². The van der Waals surface area contributed by atoms with Crippen LogP contribution >= 0.6 is 0 Å². The van der Waals surface area contributed by atoms with E-state index < -0.39 is 12.8 Å². The molecule has 0 aromatic heterocycles. The fourth-order valence-electron chi connectivity index (χ4n) is 8.44. The highest BCUT2D eigenvalue weighted by atomic mass is 16.2. The van der Waals surface area contributed by atoms with Crippen LogP contribution in [0, 0.1) is 0 Å². The summed E-state index contributed by atoms with van der Waals surface area (Å²) in [6.45, 7) is 20.7. The summed E-state index contributed by atoms with van der Waals surface area (Å²) >= 11 is 0. The average molecular weight is 888 g/mol. The molecule has 5 heterocycles. The first-order chi connectivity index (χ1) is 33.4. The first-order valence-corrected chi connectivity index (χ1v) is 22.4. The first-order valence-electron chi connectivity index (χ1n) is 25.5. The second-order valence-corrected chi connectivity index (χ2v) is 18.1. The van der Waals surface area contributed by atoms with Gasteiger partial charge in [-0.3, -0.25) is 24.0 Å². The Morgan fingerprint density at radius 2 is 0.769 bits per heavy atom. The van der Waals surface area contributed by atoms with Gasteiger partial charge in [0.1, 0.15) is 0 Å². The summed E-state index contributed by atoms with van der Waals surface area (Å²) in [7, 11) is 0. The molecule has 5 aromatic carbocycles. The molecule has 0 radical (unpaired) electrons. The zero-order chi connectivity index (χ0) is 52.3. The lowest BCUT2D eigenvalue weighted by Gasteiger charge is -2.09. The van der Waals surface area contributed by atoms with E-state index in [1.54, 1.807) is 24.3 Å². The van der Waals surface area contributed by atoms with Crippen molar-refractivity contribution in [1.29, 1.82) is 0 Å². The van der Waals surface area contributed by atoms with E-state index in [4.69, 9.17) is 8.27 Å². The molecule has 10 rings (SSSR count). The molecule has 5 N–H and O–H groups in total. The van der Waals surface area contributed by atoms with E-state index in [1.807, 2.05) is 62.4 Å². The normalized spacial score (nSPS) is 18.3. The number of rotatable bonds is 5. The van der Waals surface area contributed by atoms with Crippen LogP contribution in [0.3, 0.4) is 0 Å². The largest absolute Gasteiger partial charge is 0.326 e. The lowest BCUT2D eigenvalue weighted by atomic mass is 9.96. The van der Waals surface area contributed by atoms with E-state index in [9.17, 15) is 24.0 Å². The number of benzene rings is 5. The fraction of sp³-hybridized carbons (Fsp3) is 0.364. The molecule has 5 amide bonds. The van der Waals surface area contributed by atoms with Gasteiger partial charge in [0.15, 0.2) is 1.41 Å². The SMILES string of the molecule is [3H]C1C(=O)Nc2cccc(C(C)C)c21.[3H]N1C(=O)Cc2c(C(C)C)cccc21.[3H]c1cc2c(c(C(C)C)c1)C([3H])C(=O)N2.[3H]c1ccc(C(C)C)c2c1NC(=O)C2.[3H]c1ccc2c(c1C(C)C)CC(=O)N2. The second-order valence-electron chi connectivity index (χ2n) is 18.1. The van der Waals surface area contributed by atoms with Gasteiger partial charge in [0.25, 0.3) is 0 Å². The molecule has 2 atom stereocenters. The van der Waals surface area contributed by atoms with Gasteiger partial charge in [0.2, 0.25) is 29.5 Å².